The van der Waals surface area contributed by atoms with Crippen LogP contribution in [0.5, 0.6) is 0 Å². The molecule has 2 aliphatic rings. The second-order valence-corrected chi connectivity index (χ2v) is 3.82. The third kappa shape index (κ3) is 7.86. The molecule has 17 heavy (non-hydrogen) atoms. The SMILES string of the molecule is CC.CN1CCOC2CC[N-]CC21.C[N-]C.[Y]. The van der Waals surface area contributed by atoms with Crippen molar-refractivity contribution in [3.05, 3.63) is 10.6 Å². The van der Waals surface area contributed by atoms with E-state index in [0.29, 0.717) is 12.1 Å². The summed E-state index contributed by atoms with van der Waals surface area (Å²) < 4.78 is 5.65. The Labute approximate surface area is 132 Å². The van der Waals surface area contributed by atoms with Gasteiger partial charge >= 0.3 is 0 Å². The van der Waals surface area contributed by atoms with Crippen LogP contribution in [0.1, 0.15) is 20.3 Å². The molecule has 0 N–H and O–H groups in total. The van der Waals surface area contributed by atoms with Crippen LogP contribution in [0.2, 0.25) is 0 Å². The molecular formula is C12H27N3OY-2. The van der Waals surface area contributed by atoms with Crippen molar-refractivity contribution < 1.29 is 37.4 Å². The fourth-order valence-corrected chi connectivity index (χ4v) is 1.88. The van der Waals surface area contributed by atoms with Crippen molar-refractivity contribution in [2.45, 2.75) is 32.4 Å². The standard InChI is InChI=1S/C8H15N2O.C2H6N.C2H6.Y/c1-10-4-5-11-8-2-3-9-6-7(8)10;1-3-2;1-2;/h7-8H,2-6H2,1H3;1-2H3;1-2H3;/q2*-1;;. The van der Waals surface area contributed by atoms with Crippen LogP contribution in [0.15, 0.2) is 0 Å². The molecule has 2 unspecified atom stereocenters. The van der Waals surface area contributed by atoms with Crippen LogP contribution in [0.3, 0.4) is 0 Å². The van der Waals surface area contributed by atoms with E-state index in [9.17, 15) is 0 Å². The molecule has 0 saturated carbocycles. The number of rotatable bonds is 0. The topological polar surface area (TPSA) is 40.7 Å². The molecule has 2 fully saturated rings. The Kier molecular flexibility index (Phi) is 15.9. The molecule has 2 atom stereocenters. The van der Waals surface area contributed by atoms with Gasteiger partial charge in [0.05, 0.1) is 12.7 Å². The van der Waals surface area contributed by atoms with E-state index in [-0.39, 0.29) is 32.7 Å². The summed E-state index contributed by atoms with van der Waals surface area (Å²) in [5.41, 5.74) is 0. The third-order valence-electron chi connectivity index (χ3n) is 2.66. The quantitative estimate of drug-likeness (QED) is 0.686. The maximum atomic E-state index is 5.65. The molecule has 0 aromatic rings. The van der Waals surface area contributed by atoms with E-state index in [0.717, 1.165) is 32.7 Å². The van der Waals surface area contributed by atoms with Gasteiger partial charge in [0.15, 0.2) is 0 Å². The van der Waals surface area contributed by atoms with Gasteiger partial charge in [0.2, 0.25) is 0 Å². The second kappa shape index (κ2) is 13.4. The number of morpholine rings is 1. The molecule has 4 nitrogen and oxygen atoms in total. The molecule has 0 bridgehead atoms. The Balaban J connectivity index is 0. The monoisotopic (exact) mass is 318 g/mol. The minimum absolute atomic E-state index is 0. The second-order valence-electron chi connectivity index (χ2n) is 3.82. The zero-order valence-electron chi connectivity index (χ0n) is 12.0. The number of likely N-dealkylation sites (N-methyl/N-ethyl adjacent to an activating group) is 1. The summed E-state index contributed by atoms with van der Waals surface area (Å²) >= 11 is 0. The smallest absolute Gasteiger partial charge is 0.0697 e. The Morgan fingerprint density at radius 3 is 2.41 bits per heavy atom. The zero-order valence-corrected chi connectivity index (χ0v) is 14.9. The van der Waals surface area contributed by atoms with Crippen molar-refractivity contribution in [3.8, 4) is 0 Å². The number of fused-ring (bicyclic) bond motifs is 1. The largest absolute Gasteiger partial charge is 0.668 e. The van der Waals surface area contributed by atoms with Gasteiger partial charge in [-0.25, -0.2) is 0 Å². The Hall–Kier alpha value is 0.944. The Morgan fingerprint density at radius 1 is 1.29 bits per heavy atom. The van der Waals surface area contributed by atoms with Crippen LogP contribution in [-0.2, 0) is 37.4 Å². The van der Waals surface area contributed by atoms with Crippen molar-refractivity contribution >= 4 is 0 Å². The van der Waals surface area contributed by atoms with Crippen LogP contribution < -0.4 is 0 Å². The first-order chi connectivity index (χ1) is 7.79. The van der Waals surface area contributed by atoms with Crippen molar-refractivity contribution in [1.29, 1.82) is 0 Å². The van der Waals surface area contributed by atoms with Gasteiger partial charge in [0.25, 0.3) is 0 Å². The van der Waals surface area contributed by atoms with Crippen LogP contribution in [0.25, 0.3) is 10.6 Å². The maximum absolute atomic E-state index is 5.65. The number of hydrogen-bond donors (Lipinski definition) is 0. The summed E-state index contributed by atoms with van der Waals surface area (Å²) in [6.45, 7) is 7.94. The van der Waals surface area contributed by atoms with Gasteiger partial charge in [-0.15, -0.1) is 13.1 Å². The first-order valence-electron chi connectivity index (χ1n) is 6.22. The molecule has 0 amide bonds. The number of piperidine rings is 1. The molecule has 2 aliphatic heterocycles. The first-order valence-corrected chi connectivity index (χ1v) is 6.22. The van der Waals surface area contributed by atoms with Crippen LogP contribution in [0, 0.1) is 0 Å². The van der Waals surface area contributed by atoms with E-state index < -0.39 is 0 Å². The summed E-state index contributed by atoms with van der Waals surface area (Å²) in [4.78, 5) is 2.37. The van der Waals surface area contributed by atoms with E-state index in [1.165, 1.54) is 0 Å². The third-order valence-corrected chi connectivity index (χ3v) is 2.66. The van der Waals surface area contributed by atoms with Crippen molar-refractivity contribution in [2.24, 2.45) is 0 Å². The van der Waals surface area contributed by atoms with E-state index in [2.05, 4.69) is 22.6 Å². The average Bonchev–Trinajstić information content (AvgIpc) is 2.33. The van der Waals surface area contributed by atoms with E-state index in [1.807, 2.05) is 13.8 Å². The van der Waals surface area contributed by atoms with E-state index in [1.54, 1.807) is 14.1 Å². The van der Waals surface area contributed by atoms with E-state index in [4.69, 9.17) is 4.74 Å². The van der Waals surface area contributed by atoms with Gasteiger partial charge in [-0.1, -0.05) is 13.8 Å². The molecule has 0 aromatic heterocycles. The fourth-order valence-electron chi connectivity index (χ4n) is 1.88. The average molecular weight is 318 g/mol. The predicted molar refractivity (Wildman–Crippen MR) is 70.4 cm³/mol. The predicted octanol–water partition coefficient (Wildman–Crippen LogP) is 2.11. The molecule has 2 saturated heterocycles. The van der Waals surface area contributed by atoms with Gasteiger partial charge in [-0.3, -0.25) is 0 Å². The Bertz CT molecular complexity index is 159. The summed E-state index contributed by atoms with van der Waals surface area (Å²) in [6, 6.07) is 0.567. The number of hydrogen-bond acceptors (Lipinski definition) is 2. The summed E-state index contributed by atoms with van der Waals surface area (Å²) in [6.07, 6.45) is 1.58. The van der Waals surface area contributed by atoms with Gasteiger partial charge in [-0.2, -0.15) is 14.1 Å². The number of nitrogens with zero attached hydrogens (tertiary/aromatic N) is 3. The molecule has 0 aliphatic carbocycles. The summed E-state index contributed by atoms with van der Waals surface area (Å²) in [5.74, 6) is 0. The normalized spacial score (nSPS) is 27.4. The van der Waals surface area contributed by atoms with E-state index >= 15 is 0 Å². The van der Waals surface area contributed by atoms with Crippen molar-refractivity contribution in [2.75, 3.05) is 47.4 Å². The van der Waals surface area contributed by atoms with Crippen molar-refractivity contribution in [3.63, 3.8) is 0 Å². The molecule has 1 radical (unpaired) electrons. The Morgan fingerprint density at radius 2 is 1.88 bits per heavy atom. The molecule has 2 rings (SSSR count). The fraction of sp³-hybridized carbons (Fsp3) is 1.00. The molecule has 101 valence electrons. The molecule has 5 heteroatoms. The first kappa shape index (κ1) is 20.3. The van der Waals surface area contributed by atoms with Crippen LogP contribution in [0.4, 0.5) is 0 Å². The van der Waals surface area contributed by atoms with Crippen LogP contribution in [-0.4, -0.2) is 64.4 Å². The van der Waals surface area contributed by atoms with Gasteiger partial charge in [0, 0.05) is 45.3 Å². The maximum Gasteiger partial charge on any atom is 0.0697 e. The zero-order chi connectivity index (χ0) is 12.4. The van der Waals surface area contributed by atoms with Gasteiger partial charge in [0.1, 0.15) is 0 Å². The summed E-state index contributed by atoms with van der Waals surface area (Å²) in [5, 5.41) is 7.89. The molecular weight excluding hydrogens is 291 g/mol. The minimum Gasteiger partial charge on any atom is -0.668 e. The van der Waals surface area contributed by atoms with Gasteiger partial charge in [-0.05, 0) is 13.5 Å². The van der Waals surface area contributed by atoms with Gasteiger partial charge < -0.3 is 20.3 Å². The van der Waals surface area contributed by atoms with Crippen LogP contribution >= 0.6 is 0 Å². The molecule has 0 spiro atoms. The summed E-state index contributed by atoms with van der Waals surface area (Å²) in [7, 11) is 5.67. The minimum atomic E-state index is 0. The van der Waals surface area contributed by atoms with Crippen molar-refractivity contribution in [1.82, 2.24) is 4.90 Å². The number of ether oxygens (including phenoxy) is 1. The molecule has 0 aromatic carbocycles. The molecule has 2 heterocycles.